The lowest BCUT2D eigenvalue weighted by Gasteiger charge is -2.32. The summed E-state index contributed by atoms with van der Waals surface area (Å²) >= 11 is 5.96. The van der Waals surface area contributed by atoms with Crippen LogP contribution in [0.3, 0.4) is 0 Å². The van der Waals surface area contributed by atoms with Gasteiger partial charge in [-0.05, 0) is 25.0 Å². The van der Waals surface area contributed by atoms with E-state index < -0.39 is 5.60 Å². The molecule has 0 bridgehead atoms. The molecular formula is C14H17ClN2O. The Kier molecular flexibility index (Phi) is 4.11. The van der Waals surface area contributed by atoms with Gasteiger partial charge >= 0.3 is 0 Å². The number of hydrogen-bond donors (Lipinski definition) is 2. The molecule has 1 saturated carbocycles. The molecule has 1 aromatic carbocycles. The van der Waals surface area contributed by atoms with Crippen molar-refractivity contribution >= 4 is 17.3 Å². The third kappa shape index (κ3) is 2.95. The molecule has 1 aliphatic carbocycles. The van der Waals surface area contributed by atoms with Crippen LogP contribution in [0.15, 0.2) is 18.2 Å². The highest BCUT2D eigenvalue weighted by Gasteiger charge is 2.28. The van der Waals surface area contributed by atoms with Gasteiger partial charge in [0.2, 0.25) is 0 Å². The van der Waals surface area contributed by atoms with Crippen molar-refractivity contribution in [3.8, 4) is 6.07 Å². The number of nitrogens with zero attached hydrogens (tertiary/aromatic N) is 1. The third-order valence-electron chi connectivity index (χ3n) is 3.52. The Balaban J connectivity index is 2.06. The van der Waals surface area contributed by atoms with Gasteiger partial charge in [-0.2, -0.15) is 5.26 Å². The molecule has 1 fully saturated rings. The number of halogens is 1. The minimum Gasteiger partial charge on any atom is -0.388 e. The lowest BCUT2D eigenvalue weighted by Crippen LogP contribution is -2.38. The van der Waals surface area contributed by atoms with Gasteiger partial charge < -0.3 is 10.4 Å². The Morgan fingerprint density at radius 2 is 2.06 bits per heavy atom. The second-order valence-electron chi connectivity index (χ2n) is 4.91. The van der Waals surface area contributed by atoms with Gasteiger partial charge in [0.15, 0.2) is 0 Å². The number of nitrogens with one attached hydrogen (secondary N) is 1. The Morgan fingerprint density at radius 1 is 1.33 bits per heavy atom. The molecule has 0 heterocycles. The molecule has 4 heteroatoms. The van der Waals surface area contributed by atoms with Crippen molar-refractivity contribution < 1.29 is 5.11 Å². The molecule has 0 atom stereocenters. The van der Waals surface area contributed by atoms with E-state index in [0.717, 1.165) is 25.7 Å². The van der Waals surface area contributed by atoms with E-state index in [4.69, 9.17) is 16.9 Å². The minimum absolute atomic E-state index is 0.443. The molecule has 0 saturated heterocycles. The van der Waals surface area contributed by atoms with Crippen LogP contribution >= 0.6 is 11.6 Å². The van der Waals surface area contributed by atoms with Crippen molar-refractivity contribution in [2.45, 2.75) is 37.7 Å². The van der Waals surface area contributed by atoms with Crippen LogP contribution in [0.2, 0.25) is 5.02 Å². The first-order valence-electron chi connectivity index (χ1n) is 6.29. The summed E-state index contributed by atoms with van der Waals surface area (Å²) in [4.78, 5) is 0. The quantitative estimate of drug-likeness (QED) is 0.881. The minimum atomic E-state index is -0.646. The zero-order valence-electron chi connectivity index (χ0n) is 10.2. The van der Waals surface area contributed by atoms with Crippen molar-refractivity contribution in [2.75, 3.05) is 11.9 Å². The highest BCUT2D eigenvalue weighted by molar-refractivity contribution is 6.32. The maximum Gasteiger partial charge on any atom is 0.103 e. The number of anilines is 1. The summed E-state index contributed by atoms with van der Waals surface area (Å²) in [5.74, 6) is 0. The van der Waals surface area contributed by atoms with Gasteiger partial charge in [0.25, 0.3) is 0 Å². The highest BCUT2D eigenvalue weighted by atomic mass is 35.5. The largest absolute Gasteiger partial charge is 0.388 e. The molecule has 0 aliphatic heterocycles. The Hall–Kier alpha value is -1.24. The van der Waals surface area contributed by atoms with Gasteiger partial charge in [-0.15, -0.1) is 0 Å². The molecular weight excluding hydrogens is 248 g/mol. The average molecular weight is 265 g/mol. The maximum atomic E-state index is 10.4. The summed E-state index contributed by atoms with van der Waals surface area (Å²) in [7, 11) is 0. The second-order valence-corrected chi connectivity index (χ2v) is 5.32. The first kappa shape index (κ1) is 13.2. The van der Waals surface area contributed by atoms with Crippen LogP contribution in [0.5, 0.6) is 0 Å². The number of benzene rings is 1. The van der Waals surface area contributed by atoms with Crippen LogP contribution in [-0.2, 0) is 0 Å². The van der Waals surface area contributed by atoms with Gasteiger partial charge in [-0.25, -0.2) is 0 Å². The number of nitriles is 1. The summed E-state index contributed by atoms with van der Waals surface area (Å²) in [6.45, 7) is 0.474. The van der Waals surface area contributed by atoms with Crippen molar-refractivity contribution in [2.24, 2.45) is 0 Å². The van der Waals surface area contributed by atoms with Gasteiger partial charge in [-0.3, -0.25) is 0 Å². The van der Waals surface area contributed by atoms with E-state index in [2.05, 4.69) is 11.4 Å². The topological polar surface area (TPSA) is 56.0 Å². The number of rotatable bonds is 3. The SMILES string of the molecule is N#Cc1c(Cl)cccc1NCC1(O)CCCCC1. The summed E-state index contributed by atoms with van der Waals surface area (Å²) in [6, 6.07) is 7.40. The predicted molar refractivity (Wildman–Crippen MR) is 72.7 cm³/mol. The van der Waals surface area contributed by atoms with E-state index in [1.807, 2.05) is 6.07 Å². The molecule has 2 N–H and O–H groups in total. The number of aliphatic hydroxyl groups is 1. The van der Waals surface area contributed by atoms with E-state index >= 15 is 0 Å². The van der Waals surface area contributed by atoms with E-state index in [1.54, 1.807) is 12.1 Å². The summed E-state index contributed by atoms with van der Waals surface area (Å²) in [5, 5.41) is 23.1. The van der Waals surface area contributed by atoms with Crippen molar-refractivity contribution in [1.29, 1.82) is 5.26 Å². The fourth-order valence-electron chi connectivity index (χ4n) is 2.43. The molecule has 1 aromatic rings. The first-order valence-corrected chi connectivity index (χ1v) is 6.67. The van der Waals surface area contributed by atoms with E-state index in [-0.39, 0.29) is 0 Å². The molecule has 18 heavy (non-hydrogen) atoms. The highest BCUT2D eigenvalue weighted by Crippen LogP contribution is 2.29. The first-order chi connectivity index (χ1) is 8.64. The zero-order valence-corrected chi connectivity index (χ0v) is 11.0. The van der Waals surface area contributed by atoms with Gasteiger partial charge in [0.1, 0.15) is 6.07 Å². The van der Waals surface area contributed by atoms with Crippen LogP contribution in [0.25, 0.3) is 0 Å². The van der Waals surface area contributed by atoms with Gasteiger partial charge in [0.05, 0.1) is 21.9 Å². The van der Waals surface area contributed by atoms with Crippen LogP contribution in [0, 0.1) is 11.3 Å². The van der Waals surface area contributed by atoms with Gasteiger partial charge in [-0.1, -0.05) is 36.9 Å². The summed E-state index contributed by atoms with van der Waals surface area (Å²) in [6.07, 6.45) is 4.98. The maximum absolute atomic E-state index is 10.4. The fraction of sp³-hybridized carbons (Fsp3) is 0.500. The molecule has 96 valence electrons. The Bertz CT molecular complexity index is 461. The monoisotopic (exact) mass is 264 g/mol. The zero-order chi connectivity index (χ0) is 13.0. The predicted octanol–water partition coefficient (Wildman–Crippen LogP) is 3.32. The van der Waals surface area contributed by atoms with E-state index in [0.29, 0.717) is 22.8 Å². The van der Waals surface area contributed by atoms with Gasteiger partial charge in [0, 0.05) is 6.54 Å². The molecule has 0 spiro atoms. The van der Waals surface area contributed by atoms with E-state index in [9.17, 15) is 5.11 Å². The second kappa shape index (κ2) is 5.60. The smallest absolute Gasteiger partial charge is 0.103 e. The molecule has 1 aliphatic rings. The van der Waals surface area contributed by atoms with Crippen LogP contribution < -0.4 is 5.32 Å². The summed E-state index contributed by atoms with van der Waals surface area (Å²) in [5.41, 5.74) is 0.496. The standard InChI is InChI=1S/C14H17ClN2O/c15-12-5-4-6-13(11(12)9-16)17-10-14(18)7-2-1-3-8-14/h4-6,17-18H,1-3,7-8,10H2. The van der Waals surface area contributed by atoms with Crippen LogP contribution in [0.1, 0.15) is 37.7 Å². The Morgan fingerprint density at radius 3 is 2.72 bits per heavy atom. The van der Waals surface area contributed by atoms with Crippen molar-refractivity contribution in [3.63, 3.8) is 0 Å². The van der Waals surface area contributed by atoms with E-state index in [1.165, 1.54) is 6.42 Å². The Labute approximate surface area is 112 Å². The summed E-state index contributed by atoms with van der Waals surface area (Å²) < 4.78 is 0. The lowest BCUT2D eigenvalue weighted by atomic mass is 9.85. The van der Waals surface area contributed by atoms with Crippen molar-refractivity contribution in [3.05, 3.63) is 28.8 Å². The molecule has 3 nitrogen and oxygen atoms in total. The molecule has 0 radical (unpaired) electrons. The third-order valence-corrected chi connectivity index (χ3v) is 3.83. The molecule has 0 unspecified atom stereocenters. The number of hydrogen-bond acceptors (Lipinski definition) is 3. The fourth-order valence-corrected chi connectivity index (χ4v) is 2.65. The normalized spacial score (nSPS) is 18.1. The lowest BCUT2D eigenvalue weighted by molar-refractivity contribution is 0.0167. The van der Waals surface area contributed by atoms with Crippen LogP contribution in [-0.4, -0.2) is 17.3 Å². The molecule has 0 aromatic heterocycles. The molecule has 2 rings (SSSR count). The molecule has 0 amide bonds. The van der Waals surface area contributed by atoms with Crippen molar-refractivity contribution in [1.82, 2.24) is 0 Å². The average Bonchev–Trinajstić information content (AvgIpc) is 2.37. The van der Waals surface area contributed by atoms with Crippen LogP contribution in [0.4, 0.5) is 5.69 Å².